The highest BCUT2D eigenvalue weighted by Crippen LogP contribution is 2.44. The SMILES string of the molecule is C#C[C@@]1(OC(C)=O)[C@@H](COC(Cc2ccc(-c3ccccc3)c(C(=O)OC)c2)(C(=O)OCC)C(=O)OCC)O[C@@H](n2cnc3c(N)nc(Cl)nc32)[C@@H]1OC(C)=O. The Morgan fingerprint density at radius 3 is 2.29 bits per heavy atom. The minimum atomic E-state index is -2.57. The molecular weight excluding hydrogens is 754 g/mol. The number of hydrogen-bond acceptors (Lipinski definition) is 16. The van der Waals surface area contributed by atoms with Gasteiger partial charge in [-0.25, -0.2) is 19.4 Å². The number of ether oxygens (including phenoxy) is 7. The Morgan fingerprint density at radius 1 is 1.02 bits per heavy atom. The molecule has 3 heterocycles. The van der Waals surface area contributed by atoms with Gasteiger partial charge in [0.2, 0.25) is 17.0 Å². The van der Waals surface area contributed by atoms with E-state index >= 15 is 0 Å². The number of rotatable bonds is 14. The average Bonchev–Trinajstić information content (AvgIpc) is 3.71. The van der Waals surface area contributed by atoms with E-state index in [9.17, 15) is 24.0 Å². The number of hydrogen-bond donors (Lipinski definition) is 1. The molecule has 0 unspecified atom stereocenters. The summed E-state index contributed by atoms with van der Waals surface area (Å²) in [5, 5.41) is -0.248. The monoisotopic (exact) mass is 791 g/mol. The van der Waals surface area contributed by atoms with Crippen molar-refractivity contribution in [2.75, 3.05) is 32.7 Å². The Labute approximate surface area is 325 Å². The van der Waals surface area contributed by atoms with Crippen LogP contribution in [0.25, 0.3) is 22.3 Å². The topological polar surface area (TPSA) is 220 Å². The Bertz CT molecular complexity index is 2170. The number of halogens is 1. The van der Waals surface area contributed by atoms with E-state index in [0.717, 1.165) is 13.8 Å². The van der Waals surface area contributed by atoms with Gasteiger partial charge in [0.15, 0.2) is 17.7 Å². The molecule has 1 fully saturated rings. The first kappa shape index (κ1) is 41.1. The van der Waals surface area contributed by atoms with Gasteiger partial charge in [0.05, 0.1) is 38.8 Å². The molecule has 2 aromatic heterocycles. The molecule has 5 rings (SSSR count). The normalized spacial score (nSPS) is 19.1. The largest absolute Gasteiger partial charge is 0.465 e. The maximum absolute atomic E-state index is 14.0. The summed E-state index contributed by atoms with van der Waals surface area (Å²) in [4.78, 5) is 78.7. The molecule has 17 nitrogen and oxygen atoms in total. The summed E-state index contributed by atoms with van der Waals surface area (Å²) in [6, 6.07) is 13.7. The Morgan fingerprint density at radius 2 is 1.70 bits per heavy atom. The molecule has 2 N–H and O–H groups in total. The molecule has 1 saturated heterocycles. The summed E-state index contributed by atoms with van der Waals surface area (Å²) >= 11 is 6.11. The summed E-state index contributed by atoms with van der Waals surface area (Å²) in [5.74, 6) is -2.44. The van der Waals surface area contributed by atoms with Gasteiger partial charge in [0, 0.05) is 20.3 Å². The molecule has 1 aliphatic rings. The molecule has 0 bridgehead atoms. The number of nitrogen functional groups attached to an aromatic ring is 1. The molecule has 1 aliphatic heterocycles. The lowest BCUT2D eigenvalue weighted by atomic mass is 9.89. The van der Waals surface area contributed by atoms with Crippen LogP contribution >= 0.6 is 11.6 Å². The smallest absolute Gasteiger partial charge is 0.350 e. The number of carbonyl (C=O) groups is 5. The van der Waals surface area contributed by atoms with Gasteiger partial charge < -0.3 is 38.9 Å². The highest BCUT2D eigenvalue weighted by molar-refractivity contribution is 6.28. The van der Waals surface area contributed by atoms with E-state index in [-0.39, 0.29) is 46.6 Å². The highest BCUT2D eigenvalue weighted by atomic mass is 35.5. The van der Waals surface area contributed by atoms with Crippen molar-refractivity contribution in [1.29, 1.82) is 0 Å². The van der Waals surface area contributed by atoms with Crippen LogP contribution in [0.4, 0.5) is 5.82 Å². The number of imidazole rings is 1. The zero-order valence-corrected chi connectivity index (χ0v) is 31.7. The van der Waals surface area contributed by atoms with Gasteiger partial charge in [-0.05, 0) is 48.2 Å². The second kappa shape index (κ2) is 17.1. The van der Waals surface area contributed by atoms with Crippen LogP contribution in [0.2, 0.25) is 5.28 Å². The average molecular weight is 792 g/mol. The van der Waals surface area contributed by atoms with E-state index in [4.69, 9.17) is 56.9 Å². The summed E-state index contributed by atoms with van der Waals surface area (Å²) in [7, 11) is 1.22. The van der Waals surface area contributed by atoms with Crippen LogP contribution < -0.4 is 5.73 Å². The van der Waals surface area contributed by atoms with Crippen LogP contribution in [0.15, 0.2) is 54.9 Å². The van der Waals surface area contributed by atoms with Gasteiger partial charge in [-0.3, -0.25) is 14.2 Å². The number of fused-ring (bicyclic) bond motifs is 1. The number of methoxy groups -OCH3 is 1. The van der Waals surface area contributed by atoms with Crippen LogP contribution in [-0.4, -0.2) is 99.7 Å². The van der Waals surface area contributed by atoms with E-state index in [2.05, 4.69) is 20.9 Å². The lowest BCUT2D eigenvalue weighted by Gasteiger charge is -2.35. The van der Waals surface area contributed by atoms with Crippen LogP contribution in [-0.2, 0) is 58.8 Å². The third-order valence-electron chi connectivity index (χ3n) is 8.71. The first-order valence-electron chi connectivity index (χ1n) is 17.2. The summed E-state index contributed by atoms with van der Waals surface area (Å²) in [5.41, 5.74) is 2.93. The third-order valence-corrected chi connectivity index (χ3v) is 8.88. The first-order chi connectivity index (χ1) is 26.7. The number of esters is 5. The van der Waals surface area contributed by atoms with E-state index in [1.165, 1.54) is 37.9 Å². The lowest BCUT2D eigenvalue weighted by molar-refractivity contribution is -0.200. The first-order valence-corrected chi connectivity index (χ1v) is 17.5. The molecule has 0 radical (unpaired) electrons. The lowest BCUT2D eigenvalue weighted by Crippen LogP contribution is -2.57. The molecule has 56 heavy (non-hydrogen) atoms. The van der Waals surface area contributed by atoms with E-state index in [0.29, 0.717) is 11.1 Å². The summed E-state index contributed by atoms with van der Waals surface area (Å²) in [6.45, 7) is 4.07. The standard InChI is InChI=1S/C38H38ClN5O12/c1-7-37(56-22(5)46)27(55-32(29(37)54-21(4)45)44-20-41-28-30(40)42-36(39)43-31(28)44)19-53-38(34(48)51-8-2,35(49)52-9-3)18-23-15-16-25(24-13-11-10-12-14-24)26(17-23)33(47)50-6/h1,10-17,20,27,29,32H,8-9,18-19H2,2-6H3,(H2,40,42,43)/t27-,29+,32-,37-/m1/s1. The van der Waals surface area contributed by atoms with Crippen molar-refractivity contribution in [3.05, 3.63) is 71.3 Å². The predicted molar refractivity (Wildman–Crippen MR) is 196 cm³/mol. The second-order valence-corrected chi connectivity index (χ2v) is 12.6. The van der Waals surface area contributed by atoms with E-state index in [1.807, 2.05) is 6.07 Å². The number of carbonyl (C=O) groups excluding carboxylic acids is 5. The van der Waals surface area contributed by atoms with Gasteiger partial charge in [-0.1, -0.05) is 48.4 Å². The molecule has 4 atom stereocenters. The fraction of sp³-hybridized carbons (Fsp3) is 0.368. The van der Waals surface area contributed by atoms with E-state index < -0.39 is 72.5 Å². The summed E-state index contributed by atoms with van der Waals surface area (Å²) in [6.07, 6.45) is 2.16. The van der Waals surface area contributed by atoms with Gasteiger partial charge in [0.1, 0.15) is 11.6 Å². The van der Waals surface area contributed by atoms with Gasteiger partial charge in [0.25, 0.3) is 5.60 Å². The van der Waals surface area contributed by atoms with Crippen LogP contribution in [0.3, 0.4) is 0 Å². The third kappa shape index (κ3) is 7.98. The van der Waals surface area contributed by atoms with Crippen molar-refractivity contribution < 1.29 is 57.1 Å². The minimum absolute atomic E-state index is 0.0349. The number of nitrogens with two attached hydrogens (primary N) is 1. The van der Waals surface area contributed by atoms with Crippen molar-refractivity contribution in [1.82, 2.24) is 19.5 Å². The zero-order chi connectivity index (χ0) is 40.8. The van der Waals surface area contributed by atoms with Gasteiger partial charge in [-0.2, -0.15) is 9.97 Å². The number of anilines is 1. The number of aromatic nitrogens is 4. The molecule has 0 amide bonds. The van der Waals surface area contributed by atoms with Gasteiger partial charge in [-0.15, -0.1) is 6.42 Å². The quantitative estimate of drug-likeness (QED) is 0.0636. The van der Waals surface area contributed by atoms with Crippen molar-refractivity contribution in [2.24, 2.45) is 0 Å². The van der Waals surface area contributed by atoms with Gasteiger partial charge >= 0.3 is 29.8 Å². The molecule has 294 valence electrons. The Balaban J connectivity index is 1.63. The van der Waals surface area contributed by atoms with Crippen molar-refractivity contribution in [3.8, 4) is 23.5 Å². The van der Waals surface area contributed by atoms with Crippen molar-refractivity contribution in [3.63, 3.8) is 0 Å². The second-order valence-electron chi connectivity index (χ2n) is 12.3. The van der Waals surface area contributed by atoms with Crippen molar-refractivity contribution >= 4 is 58.4 Å². The minimum Gasteiger partial charge on any atom is -0.465 e. The van der Waals surface area contributed by atoms with Crippen LogP contribution in [0.1, 0.15) is 49.8 Å². The number of terminal acetylenes is 1. The molecule has 0 spiro atoms. The fourth-order valence-electron chi connectivity index (χ4n) is 6.34. The number of benzene rings is 2. The Hall–Kier alpha value is -6.09. The summed E-state index contributed by atoms with van der Waals surface area (Å²) < 4.78 is 41.1. The molecule has 2 aromatic carbocycles. The maximum atomic E-state index is 14.0. The molecule has 18 heteroatoms. The zero-order valence-electron chi connectivity index (χ0n) is 31.0. The Kier molecular flexibility index (Phi) is 12.6. The molecular formula is C38H38ClN5O12. The highest BCUT2D eigenvalue weighted by Gasteiger charge is 2.63. The molecule has 4 aromatic rings. The molecule has 0 aliphatic carbocycles. The van der Waals surface area contributed by atoms with Crippen molar-refractivity contribution in [2.45, 2.75) is 63.8 Å². The number of nitrogens with zero attached hydrogens (tertiary/aromatic N) is 4. The predicted octanol–water partition coefficient (Wildman–Crippen LogP) is 3.40. The maximum Gasteiger partial charge on any atom is 0.350 e. The molecule has 0 saturated carbocycles. The van der Waals surface area contributed by atoms with Crippen LogP contribution in [0.5, 0.6) is 0 Å². The van der Waals surface area contributed by atoms with Crippen LogP contribution in [0, 0.1) is 12.3 Å². The fourth-order valence-corrected chi connectivity index (χ4v) is 6.52. The van der Waals surface area contributed by atoms with E-state index in [1.54, 1.807) is 36.4 Å².